The number of rotatable bonds is 4. The molecule has 0 unspecified atom stereocenters. The van der Waals surface area contributed by atoms with Crippen molar-refractivity contribution in [3.63, 3.8) is 0 Å². The molecule has 0 spiro atoms. The van der Waals surface area contributed by atoms with Gasteiger partial charge in [-0.25, -0.2) is 0 Å². The highest BCUT2D eigenvalue weighted by Gasteiger charge is 2.32. The van der Waals surface area contributed by atoms with Crippen LogP contribution in [0.15, 0.2) is 22.7 Å². The van der Waals surface area contributed by atoms with Gasteiger partial charge in [0.1, 0.15) is 0 Å². The van der Waals surface area contributed by atoms with Gasteiger partial charge in [-0.2, -0.15) is 0 Å². The summed E-state index contributed by atoms with van der Waals surface area (Å²) in [6.45, 7) is 2.55. The van der Waals surface area contributed by atoms with E-state index in [1.807, 2.05) is 6.92 Å². The first-order valence-corrected chi connectivity index (χ1v) is 6.58. The number of carbonyl (C=O) groups is 1. The summed E-state index contributed by atoms with van der Waals surface area (Å²) in [5.74, 6) is -0.129. The summed E-state index contributed by atoms with van der Waals surface area (Å²) in [5.41, 5.74) is 0.298. The molecule has 18 heavy (non-hydrogen) atoms. The third-order valence-electron chi connectivity index (χ3n) is 2.98. The Bertz CT molecular complexity index is 500. The summed E-state index contributed by atoms with van der Waals surface area (Å²) in [6, 6.07) is 4.80. The van der Waals surface area contributed by atoms with E-state index in [-0.39, 0.29) is 11.6 Å². The van der Waals surface area contributed by atoms with Crippen molar-refractivity contribution >= 4 is 27.5 Å². The monoisotopic (exact) mass is 312 g/mol. The minimum atomic E-state index is -0.492. The van der Waals surface area contributed by atoms with Crippen molar-refractivity contribution in [1.82, 2.24) is 4.90 Å². The van der Waals surface area contributed by atoms with Gasteiger partial charge in [-0.3, -0.25) is 14.9 Å². The molecule has 2 rings (SSSR count). The zero-order valence-electron chi connectivity index (χ0n) is 9.93. The molecule has 0 saturated heterocycles. The van der Waals surface area contributed by atoms with Crippen molar-refractivity contribution < 1.29 is 9.72 Å². The number of carbonyl (C=O) groups excluding carboxylic acids is 1. The molecule has 0 heterocycles. The molecule has 1 saturated carbocycles. The Labute approximate surface area is 113 Å². The van der Waals surface area contributed by atoms with Crippen LogP contribution in [0.2, 0.25) is 0 Å². The van der Waals surface area contributed by atoms with Crippen molar-refractivity contribution in [2.45, 2.75) is 25.8 Å². The van der Waals surface area contributed by atoms with Crippen LogP contribution >= 0.6 is 15.9 Å². The smallest absolute Gasteiger partial charge is 0.284 e. The first kappa shape index (κ1) is 13.0. The zero-order valence-corrected chi connectivity index (χ0v) is 11.5. The van der Waals surface area contributed by atoms with Crippen LogP contribution in [0.25, 0.3) is 0 Å². The van der Waals surface area contributed by atoms with Gasteiger partial charge in [0.15, 0.2) is 0 Å². The van der Waals surface area contributed by atoms with Crippen molar-refractivity contribution in [3.8, 4) is 0 Å². The fourth-order valence-corrected chi connectivity index (χ4v) is 2.30. The summed E-state index contributed by atoms with van der Waals surface area (Å²) in [6.07, 6.45) is 2.05. The standard InChI is InChI=1S/C12H13BrN2O3/c1-2-14(9-4-5-9)12(16)8-3-6-10(13)11(7-8)15(17)18/h3,6-7,9H,2,4-5H2,1H3. The quantitative estimate of drug-likeness (QED) is 0.634. The van der Waals surface area contributed by atoms with Crippen LogP contribution in [0.1, 0.15) is 30.1 Å². The molecular formula is C12H13BrN2O3. The first-order valence-electron chi connectivity index (χ1n) is 5.79. The average Bonchev–Trinajstić information content (AvgIpc) is 3.14. The molecule has 0 atom stereocenters. The Morgan fingerprint density at radius 2 is 2.22 bits per heavy atom. The molecule has 0 bridgehead atoms. The van der Waals surface area contributed by atoms with Crippen molar-refractivity contribution in [2.75, 3.05) is 6.54 Å². The lowest BCUT2D eigenvalue weighted by Gasteiger charge is -2.20. The molecule has 0 N–H and O–H groups in total. The van der Waals surface area contributed by atoms with Crippen LogP contribution in [-0.2, 0) is 0 Å². The van der Waals surface area contributed by atoms with Gasteiger partial charge in [0.05, 0.1) is 9.40 Å². The summed E-state index contributed by atoms with van der Waals surface area (Å²) in [5, 5.41) is 10.8. The molecule has 1 amide bonds. The number of halogens is 1. The van der Waals surface area contributed by atoms with Gasteiger partial charge in [0, 0.05) is 24.2 Å². The van der Waals surface area contributed by atoms with Gasteiger partial charge in [0.2, 0.25) is 0 Å². The largest absolute Gasteiger partial charge is 0.336 e. The van der Waals surface area contributed by atoms with E-state index in [4.69, 9.17) is 0 Å². The molecule has 5 nitrogen and oxygen atoms in total. The SMILES string of the molecule is CCN(C(=O)c1ccc(Br)c([N+](=O)[O-])c1)C1CC1. The zero-order chi connectivity index (χ0) is 13.3. The second-order valence-electron chi connectivity index (χ2n) is 4.25. The average molecular weight is 313 g/mol. The molecule has 0 aliphatic heterocycles. The maximum Gasteiger partial charge on any atom is 0.284 e. The van der Waals surface area contributed by atoms with Gasteiger partial charge in [-0.05, 0) is 47.8 Å². The predicted octanol–water partition coefficient (Wildman–Crippen LogP) is 2.98. The number of nitro benzene ring substituents is 1. The van der Waals surface area contributed by atoms with E-state index in [1.54, 1.807) is 17.0 Å². The summed E-state index contributed by atoms with van der Waals surface area (Å²) in [7, 11) is 0. The molecule has 6 heteroatoms. The minimum Gasteiger partial charge on any atom is -0.336 e. The van der Waals surface area contributed by atoms with Crippen LogP contribution in [0.4, 0.5) is 5.69 Å². The van der Waals surface area contributed by atoms with Gasteiger partial charge in [-0.15, -0.1) is 0 Å². The van der Waals surface area contributed by atoms with Crippen LogP contribution in [0.3, 0.4) is 0 Å². The van der Waals surface area contributed by atoms with Crippen molar-refractivity contribution in [2.24, 2.45) is 0 Å². The molecule has 1 aliphatic rings. The number of nitro groups is 1. The highest BCUT2D eigenvalue weighted by molar-refractivity contribution is 9.10. The maximum atomic E-state index is 12.2. The maximum absolute atomic E-state index is 12.2. The second kappa shape index (κ2) is 5.06. The van der Waals surface area contributed by atoms with Crippen LogP contribution < -0.4 is 0 Å². The normalized spacial score (nSPS) is 14.3. The van der Waals surface area contributed by atoms with E-state index in [0.29, 0.717) is 22.6 Å². The molecule has 1 fully saturated rings. The lowest BCUT2D eigenvalue weighted by molar-refractivity contribution is -0.385. The Morgan fingerprint density at radius 1 is 1.56 bits per heavy atom. The fourth-order valence-electron chi connectivity index (χ4n) is 1.91. The molecule has 1 aliphatic carbocycles. The van der Waals surface area contributed by atoms with E-state index in [9.17, 15) is 14.9 Å². The number of hydrogen-bond acceptors (Lipinski definition) is 3. The van der Waals surface area contributed by atoms with E-state index < -0.39 is 4.92 Å². The second-order valence-corrected chi connectivity index (χ2v) is 5.10. The van der Waals surface area contributed by atoms with E-state index in [0.717, 1.165) is 12.8 Å². The van der Waals surface area contributed by atoms with E-state index >= 15 is 0 Å². The topological polar surface area (TPSA) is 63.5 Å². The fraction of sp³-hybridized carbons (Fsp3) is 0.417. The van der Waals surface area contributed by atoms with Gasteiger partial charge >= 0.3 is 0 Å². The van der Waals surface area contributed by atoms with Crippen LogP contribution in [0, 0.1) is 10.1 Å². The molecule has 0 aromatic heterocycles. The van der Waals surface area contributed by atoms with Gasteiger partial charge in [0.25, 0.3) is 11.6 Å². The van der Waals surface area contributed by atoms with Crippen LogP contribution in [0.5, 0.6) is 0 Å². The summed E-state index contributed by atoms with van der Waals surface area (Å²) >= 11 is 3.11. The lowest BCUT2D eigenvalue weighted by atomic mass is 10.1. The number of hydrogen-bond donors (Lipinski definition) is 0. The van der Waals surface area contributed by atoms with E-state index in [1.165, 1.54) is 6.07 Å². The Balaban J connectivity index is 2.30. The third-order valence-corrected chi connectivity index (χ3v) is 3.65. The Hall–Kier alpha value is -1.43. The molecule has 0 radical (unpaired) electrons. The van der Waals surface area contributed by atoms with Crippen molar-refractivity contribution in [3.05, 3.63) is 38.3 Å². The molecule has 1 aromatic carbocycles. The highest BCUT2D eigenvalue weighted by atomic mass is 79.9. The predicted molar refractivity (Wildman–Crippen MR) is 70.5 cm³/mol. The van der Waals surface area contributed by atoms with Crippen LogP contribution in [-0.4, -0.2) is 28.3 Å². The lowest BCUT2D eigenvalue weighted by Crippen LogP contribution is -2.32. The first-order chi connectivity index (χ1) is 8.54. The van der Waals surface area contributed by atoms with Crippen molar-refractivity contribution in [1.29, 1.82) is 0 Å². The summed E-state index contributed by atoms with van der Waals surface area (Å²) in [4.78, 5) is 24.3. The molecule has 1 aromatic rings. The number of amides is 1. The van der Waals surface area contributed by atoms with Gasteiger partial charge < -0.3 is 4.90 Å². The third kappa shape index (κ3) is 2.53. The minimum absolute atomic E-state index is 0.0762. The summed E-state index contributed by atoms with van der Waals surface area (Å²) < 4.78 is 0.388. The number of nitrogens with zero attached hydrogens (tertiary/aromatic N) is 2. The number of benzene rings is 1. The van der Waals surface area contributed by atoms with Gasteiger partial charge in [-0.1, -0.05) is 0 Å². The Kier molecular flexibility index (Phi) is 3.65. The van der Waals surface area contributed by atoms with E-state index in [2.05, 4.69) is 15.9 Å². The molecular weight excluding hydrogens is 300 g/mol. The Morgan fingerprint density at radius 3 is 2.72 bits per heavy atom. The highest BCUT2D eigenvalue weighted by Crippen LogP contribution is 2.30. The molecule has 96 valence electrons.